The van der Waals surface area contributed by atoms with Crippen LogP contribution in [0.1, 0.15) is 10.4 Å². The lowest BCUT2D eigenvalue weighted by Gasteiger charge is -2.36. The maximum atomic E-state index is 12.8. The average molecular weight is 402 g/mol. The van der Waals surface area contributed by atoms with Gasteiger partial charge in [0.05, 0.1) is 20.8 Å². The standard InChI is InChI=1S/C17H15Cl3N2O3/c18-10-9-11(19)16(24)14(15(10)20)17(25)22-7-5-21(6-8-22)12-3-1-2-4-13(12)23/h1-4,9,23-24H,5-8H2. The van der Waals surface area contributed by atoms with Gasteiger partial charge < -0.3 is 20.0 Å². The highest BCUT2D eigenvalue weighted by Gasteiger charge is 2.28. The normalized spacial score (nSPS) is 14.7. The molecular weight excluding hydrogens is 387 g/mol. The van der Waals surface area contributed by atoms with E-state index < -0.39 is 5.91 Å². The first-order valence-electron chi connectivity index (χ1n) is 7.59. The van der Waals surface area contributed by atoms with E-state index in [1.165, 1.54) is 6.07 Å². The number of carbonyl (C=O) groups is 1. The summed E-state index contributed by atoms with van der Waals surface area (Å²) < 4.78 is 0. The summed E-state index contributed by atoms with van der Waals surface area (Å²) in [5, 5.41) is 20.1. The molecule has 1 aliphatic heterocycles. The molecule has 8 heteroatoms. The van der Waals surface area contributed by atoms with Crippen molar-refractivity contribution in [3.63, 3.8) is 0 Å². The lowest BCUT2D eigenvalue weighted by Crippen LogP contribution is -2.48. The second-order valence-corrected chi connectivity index (χ2v) is 6.84. The molecule has 0 saturated carbocycles. The van der Waals surface area contributed by atoms with E-state index in [1.54, 1.807) is 17.0 Å². The number of amides is 1. The summed E-state index contributed by atoms with van der Waals surface area (Å²) in [7, 11) is 0. The zero-order chi connectivity index (χ0) is 18.1. The van der Waals surface area contributed by atoms with Crippen LogP contribution in [0, 0.1) is 0 Å². The van der Waals surface area contributed by atoms with Gasteiger partial charge in [-0.1, -0.05) is 46.9 Å². The molecule has 0 aromatic heterocycles. The SMILES string of the molecule is O=C(c1c(O)c(Cl)cc(Cl)c1Cl)N1CCN(c2ccccc2O)CC1. The lowest BCUT2D eigenvalue weighted by atomic mass is 10.1. The minimum atomic E-state index is -0.427. The predicted octanol–water partition coefficient (Wildman–Crippen LogP) is 4.02. The third-order valence-corrected chi connectivity index (χ3v) is 5.22. The van der Waals surface area contributed by atoms with Gasteiger partial charge in [-0.15, -0.1) is 0 Å². The number of aromatic hydroxyl groups is 2. The minimum absolute atomic E-state index is 0.0169. The van der Waals surface area contributed by atoms with Crippen LogP contribution in [0.3, 0.4) is 0 Å². The Morgan fingerprint density at radius 1 is 0.960 bits per heavy atom. The highest BCUT2D eigenvalue weighted by atomic mass is 35.5. The molecule has 132 valence electrons. The van der Waals surface area contributed by atoms with Crippen LogP contribution in [0.15, 0.2) is 30.3 Å². The number of nitrogens with zero attached hydrogens (tertiary/aromatic N) is 2. The fraction of sp³-hybridized carbons (Fsp3) is 0.235. The van der Waals surface area contributed by atoms with Gasteiger partial charge in [-0.3, -0.25) is 4.79 Å². The number of benzene rings is 2. The smallest absolute Gasteiger partial charge is 0.259 e. The molecule has 0 unspecified atom stereocenters. The fourth-order valence-electron chi connectivity index (χ4n) is 2.82. The van der Waals surface area contributed by atoms with E-state index >= 15 is 0 Å². The Morgan fingerprint density at radius 3 is 2.24 bits per heavy atom. The maximum absolute atomic E-state index is 12.8. The topological polar surface area (TPSA) is 64.0 Å². The highest BCUT2D eigenvalue weighted by molar-refractivity contribution is 6.45. The van der Waals surface area contributed by atoms with Crippen LogP contribution in [0.4, 0.5) is 5.69 Å². The third-order valence-electron chi connectivity index (χ3n) is 4.15. The van der Waals surface area contributed by atoms with Crippen LogP contribution in [0.2, 0.25) is 15.1 Å². The van der Waals surface area contributed by atoms with Gasteiger partial charge in [-0.25, -0.2) is 0 Å². The summed E-state index contributed by atoms with van der Waals surface area (Å²) in [5.41, 5.74) is 0.636. The Kier molecular flexibility index (Phi) is 5.18. The molecule has 0 atom stereocenters. The summed E-state index contributed by atoms with van der Waals surface area (Å²) >= 11 is 17.9. The summed E-state index contributed by atoms with van der Waals surface area (Å²) in [5.74, 6) is -0.599. The predicted molar refractivity (Wildman–Crippen MR) is 99.4 cm³/mol. The molecule has 1 saturated heterocycles. The molecular formula is C17H15Cl3N2O3. The van der Waals surface area contributed by atoms with Crippen LogP contribution in [-0.4, -0.2) is 47.2 Å². The quantitative estimate of drug-likeness (QED) is 0.746. The van der Waals surface area contributed by atoms with Gasteiger partial charge in [0.25, 0.3) is 5.91 Å². The van der Waals surface area contributed by atoms with E-state index in [0.29, 0.717) is 26.2 Å². The molecule has 0 bridgehead atoms. The Balaban J connectivity index is 1.78. The van der Waals surface area contributed by atoms with E-state index in [0.717, 1.165) is 5.69 Å². The van der Waals surface area contributed by atoms with E-state index in [4.69, 9.17) is 34.8 Å². The molecule has 0 spiro atoms. The largest absolute Gasteiger partial charge is 0.506 e. The van der Waals surface area contributed by atoms with Crippen LogP contribution < -0.4 is 4.90 Å². The number of phenolic OH excluding ortho intramolecular Hbond substituents is 2. The number of phenols is 2. The first-order chi connectivity index (χ1) is 11.9. The number of rotatable bonds is 2. The van der Waals surface area contributed by atoms with Crippen molar-refractivity contribution < 1.29 is 15.0 Å². The van der Waals surface area contributed by atoms with Crippen molar-refractivity contribution in [2.75, 3.05) is 31.1 Å². The average Bonchev–Trinajstić information content (AvgIpc) is 2.61. The Hall–Kier alpha value is -1.82. The van der Waals surface area contributed by atoms with Crippen LogP contribution in [0.25, 0.3) is 0 Å². The van der Waals surface area contributed by atoms with Gasteiger partial charge in [0.1, 0.15) is 17.1 Å². The molecule has 2 aromatic rings. The van der Waals surface area contributed by atoms with Gasteiger partial charge in [-0.05, 0) is 18.2 Å². The number of piperazine rings is 1. The van der Waals surface area contributed by atoms with Crippen molar-refractivity contribution in [3.05, 3.63) is 51.0 Å². The van der Waals surface area contributed by atoms with Crippen molar-refractivity contribution in [1.82, 2.24) is 4.90 Å². The molecule has 1 fully saturated rings. The molecule has 5 nitrogen and oxygen atoms in total. The number of anilines is 1. The van der Waals surface area contributed by atoms with Gasteiger partial charge in [0.2, 0.25) is 0 Å². The fourth-order valence-corrected chi connectivity index (χ4v) is 3.51. The number of carbonyl (C=O) groups excluding carboxylic acids is 1. The van der Waals surface area contributed by atoms with Gasteiger partial charge in [0.15, 0.2) is 0 Å². The van der Waals surface area contributed by atoms with Gasteiger partial charge in [-0.2, -0.15) is 0 Å². The zero-order valence-electron chi connectivity index (χ0n) is 13.0. The second kappa shape index (κ2) is 7.20. The molecule has 0 radical (unpaired) electrons. The van der Waals surface area contributed by atoms with Crippen LogP contribution in [0.5, 0.6) is 11.5 Å². The first-order valence-corrected chi connectivity index (χ1v) is 8.72. The summed E-state index contributed by atoms with van der Waals surface area (Å²) in [6.07, 6.45) is 0. The van der Waals surface area contributed by atoms with Crippen molar-refractivity contribution in [1.29, 1.82) is 0 Å². The lowest BCUT2D eigenvalue weighted by molar-refractivity contribution is 0.0744. The molecule has 0 aliphatic carbocycles. The Morgan fingerprint density at radius 2 is 1.60 bits per heavy atom. The molecule has 1 aliphatic rings. The molecule has 2 N–H and O–H groups in total. The number of hydrogen-bond acceptors (Lipinski definition) is 4. The second-order valence-electron chi connectivity index (χ2n) is 5.65. The molecule has 3 rings (SSSR count). The van der Waals surface area contributed by atoms with E-state index in [2.05, 4.69) is 0 Å². The molecule has 25 heavy (non-hydrogen) atoms. The Labute approximate surface area is 159 Å². The maximum Gasteiger partial charge on any atom is 0.259 e. The van der Waals surface area contributed by atoms with Gasteiger partial charge >= 0.3 is 0 Å². The van der Waals surface area contributed by atoms with Crippen LogP contribution in [-0.2, 0) is 0 Å². The summed E-state index contributed by atoms with van der Waals surface area (Å²) in [6, 6.07) is 8.35. The summed E-state index contributed by atoms with van der Waals surface area (Å²) in [4.78, 5) is 16.3. The van der Waals surface area contributed by atoms with Crippen molar-refractivity contribution in [2.24, 2.45) is 0 Å². The van der Waals surface area contributed by atoms with Crippen LogP contribution >= 0.6 is 34.8 Å². The monoisotopic (exact) mass is 400 g/mol. The molecule has 1 amide bonds. The first kappa shape index (κ1) is 18.0. The van der Waals surface area contributed by atoms with E-state index in [9.17, 15) is 15.0 Å². The van der Waals surface area contributed by atoms with Crippen molar-refractivity contribution in [3.8, 4) is 11.5 Å². The number of halogens is 3. The zero-order valence-corrected chi connectivity index (χ0v) is 15.3. The Bertz CT molecular complexity index is 795. The highest BCUT2D eigenvalue weighted by Crippen LogP contribution is 2.39. The molecule has 1 heterocycles. The summed E-state index contributed by atoms with van der Waals surface area (Å²) in [6.45, 7) is 1.89. The van der Waals surface area contributed by atoms with E-state index in [1.807, 2.05) is 17.0 Å². The van der Waals surface area contributed by atoms with E-state index in [-0.39, 0.29) is 32.1 Å². The third kappa shape index (κ3) is 3.45. The number of hydrogen-bond donors (Lipinski definition) is 2. The minimum Gasteiger partial charge on any atom is -0.506 e. The number of para-hydroxylation sites is 2. The van der Waals surface area contributed by atoms with Gasteiger partial charge in [0, 0.05) is 26.2 Å². The molecule has 2 aromatic carbocycles. The van der Waals surface area contributed by atoms with Crippen molar-refractivity contribution >= 4 is 46.4 Å². The van der Waals surface area contributed by atoms with Crippen molar-refractivity contribution in [2.45, 2.75) is 0 Å².